The summed E-state index contributed by atoms with van der Waals surface area (Å²) in [4.78, 5) is 27.5. The van der Waals surface area contributed by atoms with E-state index in [1.54, 1.807) is 18.2 Å². The molecule has 1 aliphatic heterocycles. The van der Waals surface area contributed by atoms with E-state index in [9.17, 15) is 14.7 Å². The Balaban J connectivity index is 2.14. The van der Waals surface area contributed by atoms with Crippen molar-refractivity contribution in [1.29, 1.82) is 0 Å². The number of methoxy groups -OCH3 is 2. The third kappa shape index (κ3) is 4.48. The molecule has 7 heteroatoms. The van der Waals surface area contributed by atoms with Crippen molar-refractivity contribution in [2.45, 2.75) is 32.9 Å². The van der Waals surface area contributed by atoms with Gasteiger partial charge in [-0.15, -0.1) is 0 Å². The molecule has 0 bridgehead atoms. The van der Waals surface area contributed by atoms with Crippen molar-refractivity contribution in [3.63, 3.8) is 0 Å². The summed E-state index contributed by atoms with van der Waals surface area (Å²) in [6, 6.07) is 11.6. The van der Waals surface area contributed by atoms with Crippen LogP contribution in [0.1, 0.15) is 36.6 Å². The molecule has 0 saturated carbocycles. The molecule has 1 amide bonds. The second-order valence-electron chi connectivity index (χ2n) is 7.84. The van der Waals surface area contributed by atoms with Crippen molar-refractivity contribution in [2.24, 2.45) is 0 Å². The molecule has 0 aliphatic carbocycles. The highest BCUT2D eigenvalue weighted by atomic mass is 16.5. The van der Waals surface area contributed by atoms with Crippen molar-refractivity contribution in [3.05, 3.63) is 64.7 Å². The van der Waals surface area contributed by atoms with Gasteiger partial charge < -0.3 is 24.2 Å². The van der Waals surface area contributed by atoms with E-state index in [0.717, 1.165) is 11.1 Å². The Morgan fingerprint density at radius 2 is 1.75 bits per heavy atom. The van der Waals surface area contributed by atoms with Crippen LogP contribution in [0.5, 0.6) is 11.5 Å². The standard InChI is InChI=1S/C25H29NO6/c1-15(2)32-13-12-26-22(18-9-7-6-8-16(18)3)21(24(28)25(26)29)23(27)17-10-11-19(30-4)20(14-17)31-5/h6-11,14-15,22,27H,12-13H2,1-5H3/b23-21+. The number of aryl methyl sites for hydroxylation is 1. The smallest absolute Gasteiger partial charge is 0.295 e. The molecule has 1 fully saturated rings. The molecule has 32 heavy (non-hydrogen) atoms. The van der Waals surface area contributed by atoms with Crippen LogP contribution in [-0.2, 0) is 14.3 Å². The molecule has 1 N–H and O–H groups in total. The number of ketones is 1. The first-order valence-corrected chi connectivity index (χ1v) is 10.5. The number of ether oxygens (including phenoxy) is 3. The van der Waals surface area contributed by atoms with E-state index in [1.807, 2.05) is 45.0 Å². The number of Topliss-reactive ketones (excluding diaryl/α,β-unsaturated/α-hetero) is 1. The Morgan fingerprint density at radius 3 is 2.38 bits per heavy atom. The molecule has 170 valence electrons. The molecular formula is C25H29NO6. The molecule has 1 unspecified atom stereocenters. The summed E-state index contributed by atoms with van der Waals surface area (Å²) in [6.07, 6.45) is -0.00417. The van der Waals surface area contributed by atoms with Gasteiger partial charge in [0.2, 0.25) is 0 Å². The fourth-order valence-electron chi connectivity index (χ4n) is 3.85. The highest BCUT2D eigenvalue weighted by Gasteiger charge is 2.46. The lowest BCUT2D eigenvalue weighted by Gasteiger charge is -2.26. The van der Waals surface area contributed by atoms with E-state index >= 15 is 0 Å². The number of nitrogens with zero attached hydrogens (tertiary/aromatic N) is 1. The minimum atomic E-state index is -0.727. The number of benzene rings is 2. The largest absolute Gasteiger partial charge is 0.507 e. The first-order valence-electron chi connectivity index (χ1n) is 10.5. The number of carbonyl (C=O) groups excluding carboxylic acids is 2. The zero-order valence-electron chi connectivity index (χ0n) is 19.0. The highest BCUT2D eigenvalue weighted by molar-refractivity contribution is 6.46. The zero-order chi connectivity index (χ0) is 23.4. The van der Waals surface area contributed by atoms with Crippen LogP contribution in [0, 0.1) is 6.92 Å². The van der Waals surface area contributed by atoms with E-state index in [4.69, 9.17) is 14.2 Å². The van der Waals surface area contributed by atoms with Gasteiger partial charge in [-0.25, -0.2) is 0 Å². The molecule has 2 aromatic rings. The predicted octanol–water partition coefficient (Wildman–Crippen LogP) is 3.86. The average Bonchev–Trinajstić information content (AvgIpc) is 3.03. The average molecular weight is 440 g/mol. The van der Waals surface area contributed by atoms with Gasteiger partial charge in [0.05, 0.1) is 38.5 Å². The maximum absolute atomic E-state index is 13.1. The molecule has 2 aromatic carbocycles. The Kier molecular flexibility index (Phi) is 7.20. The molecule has 0 aromatic heterocycles. The number of rotatable bonds is 8. The Labute approximate surface area is 188 Å². The van der Waals surface area contributed by atoms with Crippen molar-refractivity contribution in [1.82, 2.24) is 4.90 Å². The zero-order valence-corrected chi connectivity index (χ0v) is 19.0. The highest BCUT2D eigenvalue weighted by Crippen LogP contribution is 2.41. The molecule has 1 saturated heterocycles. The van der Waals surface area contributed by atoms with Crippen LogP contribution in [0.25, 0.3) is 5.76 Å². The number of carbonyl (C=O) groups is 2. The molecule has 1 atom stereocenters. The topological polar surface area (TPSA) is 85.3 Å². The van der Waals surface area contributed by atoms with E-state index in [-0.39, 0.29) is 30.6 Å². The van der Waals surface area contributed by atoms with Crippen LogP contribution in [0.2, 0.25) is 0 Å². The van der Waals surface area contributed by atoms with Crippen LogP contribution >= 0.6 is 0 Å². The van der Waals surface area contributed by atoms with Gasteiger partial charge >= 0.3 is 0 Å². The minimum absolute atomic E-state index is 0.00417. The molecule has 7 nitrogen and oxygen atoms in total. The quantitative estimate of drug-likeness (QED) is 0.382. The second kappa shape index (κ2) is 9.87. The number of hydrogen-bond acceptors (Lipinski definition) is 6. The monoisotopic (exact) mass is 439 g/mol. The van der Waals surface area contributed by atoms with Crippen LogP contribution in [0.4, 0.5) is 0 Å². The van der Waals surface area contributed by atoms with Crippen molar-refractivity contribution in [2.75, 3.05) is 27.4 Å². The fourth-order valence-corrected chi connectivity index (χ4v) is 3.85. The number of hydrogen-bond donors (Lipinski definition) is 1. The van der Waals surface area contributed by atoms with Crippen molar-refractivity contribution in [3.8, 4) is 11.5 Å². The number of aliphatic hydroxyl groups is 1. The van der Waals surface area contributed by atoms with Crippen LogP contribution in [0.3, 0.4) is 0 Å². The first kappa shape index (κ1) is 23.3. The molecule has 0 radical (unpaired) electrons. The molecule has 1 aliphatic rings. The molecular weight excluding hydrogens is 410 g/mol. The van der Waals surface area contributed by atoms with E-state index < -0.39 is 17.7 Å². The number of aliphatic hydroxyl groups excluding tert-OH is 1. The van der Waals surface area contributed by atoms with Gasteiger partial charge in [0, 0.05) is 12.1 Å². The van der Waals surface area contributed by atoms with Gasteiger partial charge in [-0.2, -0.15) is 0 Å². The SMILES string of the molecule is COc1ccc(/C(O)=C2\C(=O)C(=O)N(CCOC(C)C)C2c2ccccc2C)cc1OC. The summed E-state index contributed by atoms with van der Waals surface area (Å²) in [7, 11) is 3.00. The lowest BCUT2D eigenvalue weighted by atomic mass is 9.92. The van der Waals surface area contributed by atoms with Gasteiger partial charge in [0.25, 0.3) is 11.7 Å². The van der Waals surface area contributed by atoms with E-state index in [0.29, 0.717) is 17.1 Å². The van der Waals surface area contributed by atoms with Gasteiger partial charge in [-0.05, 0) is 50.1 Å². The van der Waals surface area contributed by atoms with Crippen molar-refractivity contribution < 1.29 is 28.9 Å². The summed E-state index contributed by atoms with van der Waals surface area (Å²) >= 11 is 0. The van der Waals surface area contributed by atoms with Crippen LogP contribution in [0.15, 0.2) is 48.0 Å². The number of amides is 1. The first-order chi connectivity index (χ1) is 15.3. The normalized spacial score (nSPS) is 17.8. The summed E-state index contributed by atoms with van der Waals surface area (Å²) in [5, 5.41) is 11.2. The minimum Gasteiger partial charge on any atom is -0.507 e. The Bertz CT molecular complexity index is 1040. The summed E-state index contributed by atoms with van der Waals surface area (Å²) in [6.45, 7) is 6.23. The van der Waals surface area contributed by atoms with Gasteiger partial charge in [0.15, 0.2) is 11.5 Å². The summed E-state index contributed by atoms with van der Waals surface area (Å²) in [5.41, 5.74) is 2.09. The lowest BCUT2D eigenvalue weighted by Crippen LogP contribution is -2.33. The van der Waals surface area contributed by atoms with Gasteiger partial charge in [0.1, 0.15) is 5.76 Å². The number of likely N-dealkylation sites (tertiary alicyclic amines) is 1. The van der Waals surface area contributed by atoms with Crippen LogP contribution < -0.4 is 9.47 Å². The van der Waals surface area contributed by atoms with Crippen molar-refractivity contribution >= 4 is 17.4 Å². The van der Waals surface area contributed by atoms with E-state index in [2.05, 4.69) is 0 Å². The third-order valence-electron chi connectivity index (χ3n) is 5.46. The van der Waals surface area contributed by atoms with Gasteiger partial charge in [-0.3, -0.25) is 9.59 Å². The molecule has 0 spiro atoms. The predicted molar refractivity (Wildman–Crippen MR) is 121 cm³/mol. The lowest BCUT2D eigenvalue weighted by molar-refractivity contribution is -0.140. The van der Waals surface area contributed by atoms with Gasteiger partial charge in [-0.1, -0.05) is 24.3 Å². The summed E-state index contributed by atoms with van der Waals surface area (Å²) < 4.78 is 16.2. The summed E-state index contributed by atoms with van der Waals surface area (Å²) in [5.74, 6) is -0.748. The van der Waals surface area contributed by atoms with Crippen LogP contribution in [-0.4, -0.2) is 55.2 Å². The van der Waals surface area contributed by atoms with E-state index in [1.165, 1.54) is 19.1 Å². The maximum atomic E-state index is 13.1. The maximum Gasteiger partial charge on any atom is 0.295 e. The third-order valence-corrected chi connectivity index (χ3v) is 5.46. The Morgan fingerprint density at radius 1 is 1.06 bits per heavy atom. The fraction of sp³-hybridized carbons (Fsp3) is 0.360. The second-order valence-corrected chi connectivity index (χ2v) is 7.84. The Hall–Kier alpha value is -3.32. The molecule has 3 rings (SSSR count). The molecule has 1 heterocycles.